The smallest absolute Gasteiger partial charge is 0.159 e. The number of benzene rings is 2. The number of hydrogen-bond acceptors (Lipinski definition) is 2. The average molecular weight is 313 g/mol. The van der Waals surface area contributed by atoms with Crippen LogP contribution >= 0.6 is 23.8 Å². The third kappa shape index (κ3) is 3.43. The molecule has 0 saturated carbocycles. The maximum atomic E-state index is 13.1. The predicted octanol–water partition coefficient (Wildman–Crippen LogP) is 3.86. The zero-order valence-electron chi connectivity index (χ0n) is 10.3. The molecular formula is C14H11ClF2N2S. The molecule has 0 amide bonds. The monoisotopic (exact) mass is 312 g/mol. The van der Waals surface area contributed by atoms with E-state index in [1.165, 1.54) is 6.07 Å². The first-order chi connectivity index (χ1) is 9.47. The minimum atomic E-state index is -0.880. The van der Waals surface area contributed by atoms with E-state index in [9.17, 15) is 8.78 Å². The summed E-state index contributed by atoms with van der Waals surface area (Å²) < 4.78 is 25.9. The molecule has 0 aliphatic carbocycles. The van der Waals surface area contributed by atoms with Gasteiger partial charge in [0.15, 0.2) is 11.6 Å². The lowest BCUT2D eigenvalue weighted by Crippen LogP contribution is -2.13. The van der Waals surface area contributed by atoms with Crippen LogP contribution < -0.4 is 11.1 Å². The zero-order chi connectivity index (χ0) is 14.7. The quantitative estimate of drug-likeness (QED) is 0.842. The Morgan fingerprint density at radius 2 is 1.90 bits per heavy atom. The second-order valence-electron chi connectivity index (χ2n) is 4.16. The molecule has 2 aromatic rings. The van der Waals surface area contributed by atoms with Gasteiger partial charge in [-0.05, 0) is 35.9 Å². The van der Waals surface area contributed by atoms with Crippen LogP contribution in [0.5, 0.6) is 0 Å². The molecule has 0 heterocycles. The van der Waals surface area contributed by atoms with E-state index in [0.717, 1.165) is 12.1 Å². The van der Waals surface area contributed by atoms with Gasteiger partial charge in [0.1, 0.15) is 4.99 Å². The molecule has 20 heavy (non-hydrogen) atoms. The third-order valence-electron chi connectivity index (χ3n) is 2.71. The Bertz CT molecular complexity index is 662. The van der Waals surface area contributed by atoms with Crippen LogP contribution in [0.15, 0.2) is 36.4 Å². The summed E-state index contributed by atoms with van der Waals surface area (Å²) in [6, 6.07) is 8.80. The van der Waals surface area contributed by atoms with Gasteiger partial charge in [-0.1, -0.05) is 29.9 Å². The molecule has 0 atom stereocenters. The summed E-state index contributed by atoms with van der Waals surface area (Å²) in [5, 5.41) is 3.59. The highest BCUT2D eigenvalue weighted by Crippen LogP contribution is 2.21. The lowest BCUT2D eigenvalue weighted by molar-refractivity contribution is 0.507. The van der Waals surface area contributed by atoms with Crippen molar-refractivity contribution in [2.75, 3.05) is 5.32 Å². The van der Waals surface area contributed by atoms with Crippen LogP contribution in [-0.2, 0) is 6.54 Å². The second-order valence-corrected chi connectivity index (χ2v) is 5.03. The van der Waals surface area contributed by atoms with Crippen molar-refractivity contribution in [1.29, 1.82) is 0 Å². The maximum Gasteiger partial charge on any atom is 0.159 e. The second kappa shape index (κ2) is 6.15. The van der Waals surface area contributed by atoms with Gasteiger partial charge in [-0.3, -0.25) is 0 Å². The highest BCUT2D eigenvalue weighted by Gasteiger charge is 2.07. The topological polar surface area (TPSA) is 38.0 Å². The molecule has 0 aromatic heterocycles. The average Bonchev–Trinajstić information content (AvgIpc) is 2.41. The fourth-order valence-electron chi connectivity index (χ4n) is 1.72. The van der Waals surface area contributed by atoms with Crippen molar-refractivity contribution in [3.63, 3.8) is 0 Å². The zero-order valence-corrected chi connectivity index (χ0v) is 11.9. The Balaban J connectivity index is 2.18. The van der Waals surface area contributed by atoms with Gasteiger partial charge >= 0.3 is 0 Å². The van der Waals surface area contributed by atoms with E-state index in [2.05, 4.69) is 5.32 Å². The van der Waals surface area contributed by atoms with Crippen LogP contribution in [0.1, 0.15) is 11.1 Å². The Morgan fingerprint density at radius 3 is 2.55 bits per heavy atom. The van der Waals surface area contributed by atoms with Gasteiger partial charge in [0.2, 0.25) is 0 Å². The van der Waals surface area contributed by atoms with Gasteiger partial charge in [0, 0.05) is 22.8 Å². The summed E-state index contributed by atoms with van der Waals surface area (Å²) in [7, 11) is 0. The Labute approximate surface area is 125 Å². The number of rotatable bonds is 4. The number of anilines is 1. The maximum absolute atomic E-state index is 13.1. The summed E-state index contributed by atoms with van der Waals surface area (Å²) in [6.45, 7) is 0.314. The fourth-order valence-corrected chi connectivity index (χ4v) is 2.06. The number of nitrogens with one attached hydrogen (secondary N) is 1. The van der Waals surface area contributed by atoms with Crippen molar-refractivity contribution in [3.8, 4) is 0 Å². The van der Waals surface area contributed by atoms with Crippen LogP contribution in [0.4, 0.5) is 14.5 Å². The number of hydrogen-bond donors (Lipinski definition) is 2. The molecule has 104 valence electrons. The molecule has 3 N–H and O–H groups in total. The molecule has 0 radical (unpaired) electrons. The highest BCUT2D eigenvalue weighted by molar-refractivity contribution is 7.80. The van der Waals surface area contributed by atoms with E-state index in [1.54, 1.807) is 18.2 Å². The number of halogens is 3. The first-order valence-corrected chi connectivity index (χ1v) is 6.53. The molecule has 2 nitrogen and oxygen atoms in total. The molecule has 0 unspecified atom stereocenters. The van der Waals surface area contributed by atoms with Gasteiger partial charge in [-0.2, -0.15) is 0 Å². The van der Waals surface area contributed by atoms with E-state index >= 15 is 0 Å². The highest BCUT2D eigenvalue weighted by atomic mass is 35.5. The van der Waals surface area contributed by atoms with E-state index < -0.39 is 11.6 Å². The van der Waals surface area contributed by atoms with E-state index in [1.807, 2.05) is 0 Å². The van der Waals surface area contributed by atoms with Crippen LogP contribution in [0.25, 0.3) is 0 Å². The molecule has 0 saturated heterocycles. The molecule has 0 aliphatic rings. The van der Waals surface area contributed by atoms with Crippen molar-refractivity contribution in [1.82, 2.24) is 0 Å². The van der Waals surface area contributed by atoms with Gasteiger partial charge in [0.25, 0.3) is 0 Å². The van der Waals surface area contributed by atoms with Gasteiger partial charge in [-0.25, -0.2) is 8.78 Å². The molecule has 0 fully saturated rings. The number of nitrogens with two attached hydrogens (primary N) is 1. The number of thiocarbonyl (C=S) groups is 1. The standard InChI is InChI=1S/C14H11ClF2N2S/c15-9-2-4-13(10(6-9)14(18)20)19-7-8-1-3-11(16)12(17)5-8/h1-6,19H,7H2,(H2,18,20). The first kappa shape index (κ1) is 14.7. The van der Waals surface area contributed by atoms with Crippen molar-refractivity contribution >= 4 is 34.5 Å². The minimum Gasteiger partial charge on any atom is -0.389 e. The summed E-state index contributed by atoms with van der Waals surface area (Å²) in [6.07, 6.45) is 0. The summed E-state index contributed by atoms with van der Waals surface area (Å²) in [5.74, 6) is -1.75. The molecular weight excluding hydrogens is 302 g/mol. The van der Waals surface area contributed by atoms with Crippen molar-refractivity contribution < 1.29 is 8.78 Å². The summed E-state index contributed by atoms with van der Waals surface area (Å²) >= 11 is 10.8. The first-order valence-electron chi connectivity index (χ1n) is 5.74. The Morgan fingerprint density at radius 1 is 1.15 bits per heavy atom. The van der Waals surface area contributed by atoms with E-state index in [0.29, 0.717) is 28.4 Å². The van der Waals surface area contributed by atoms with Gasteiger partial charge in [-0.15, -0.1) is 0 Å². The van der Waals surface area contributed by atoms with Gasteiger partial charge < -0.3 is 11.1 Å². The lowest BCUT2D eigenvalue weighted by Gasteiger charge is -2.12. The SMILES string of the molecule is NC(=S)c1cc(Cl)ccc1NCc1ccc(F)c(F)c1. The molecule has 0 spiro atoms. The van der Waals surface area contributed by atoms with Crippen LogP contribution in [0.3, 0.4) is 0 Å². The Hall–Kier alpha value is -1.72. The van der Waals surface area contributed by atoms with Crippen LogP contribution in [0.2, 0.25) is 5.02 Å². The van der Waals surface area contributed by atoms with Crippen molar-refractivity contribution in [2.24, 2.45) is 5.73 Å². The van der Waals surface area contributed by atoms with Crippen LogP contribution in [0, 0.1) is 11.6 Å². The summed E-state index contributed by atoms with van der Waals surface area (Å²) in [4.78, 5) is 0.209. The van der Waals surface area contributed by atoms with E-state index in [-0.39, 0.29) is 4.99 Å². The molecule has 6 heteroatoms. The largest absolute Gasteiger partial charge is 0.389 e. The van der Waals surface area contributed by atoms with Gasteiger partial charge in [0.05, 0.1) is 0 Å². The summed E-state index contributed by atoms with van der Waals surface area (Å²) in [5.41, 5.74) is 7.52. The molecule has 2 rings (SSSR count). The lowest BCUT2D eigenvalue weighted by atomic mass is 10.1. The molecule has 0 aliphatic heterocycles. The van der Waals surface area contributed by atoms with Crippen LogP contribution in [-0.4, -0.2) is 4.99 Å². The predicted molar refractivity (Wildman–Crippen MR) is 81.0 cm³/mol. The fraction of sp³-hybridized carbons (Fsp3) is 0.0714. The molecule has 2 aromatic carbocycles. The van der Waals surface area contributed by atoms with E-state index in [4.69, 9.17) is 29.6 Å². The third-order valence-corrected chi connectivity index (χ3v) is 3.17. The van der Waals surface area contributed by atoms with Crippen molar-refractivity contribution in [3.05, 3.63) is 64.2 Å². The normalized spacial score (nSPS) is 10.3. The minimum absolute atomic E-state index is 0.209. The van der Waals surface area contributed by atoms with Crippen molar-refractivity contribution in [2.45, 2.75) is 6.54 Å². The Kier molecular flexibility index (Phi) is 4.52. The molecule has 0 bridgehead atoms.